The van der Waals surface area contributed by atoms with Crippen LogP contribution in [0.2, 0.25) is 0 Å². The molecule has 0 radical (unpaired) electrons. The maximum absolute atomic E-state index is 13.9. The van der Waals surface area contributed by atoms with Gasteiger partial charge in [-0.25, -0.2) is 16.8 Å². The molecule has 1 aliphatic carbocycles. The molecule has 1 aliphatic heterocycles. The van der Waals surface area contributed by atoms with E-state index in [2.05, 4.69) is 11.5 Å². The topological polar surface area (TPSA) is 124 Å². The van der Waals surface area contributed by atoms with E-state index in [0.717, 1.165) is 25.1 Å². The van der Waals surface area contributed by atoms with Crippen LogP contribution >= 0.6 is 0 Å². The molecule has 0 aromatic heterocycles. The average Bonchev–Trinajstić information content (AvgIpc) is 2.99. The van der Waals surface area contributed by atoms with Crippen LogP contribution in [0, 0.1) is 16.0 Å². The van der Waals surface area contributed by atoms with E-state index in [1.54, 1.807) is 24.3 Å². The number of nitro groups is 1. The molecule has 4 rings (SSSR count). The lowest BCUT2D eigenvalue weighted by atomic mass is 9.89. The van der Waals surface area contributed by atoms with E-state index in [4.69, 9.17) is 0 Å². The Labute approximate surface area is 262 Å². The molecule has 242 valence electrons. The van der Waals surface area contributed by atoms with Crippen LogP contribution in [0.4, 0.5) is 11.4 Å². The third kappa shape index (κ3) is 8.45. The third-order valence-corrected chi connectivity index (χ3v) is 12.2. The van der Waals surface area contributed by atoms with Gasteiger partial charge in [0.05, 0.1) is 9.82 Å². The lowest BCUT2D eigenvalue weighted by Gasteiger charge is -2.33. The molecule has 1 saturated heterocycles. The summed E-state index contributed by atoms with van der Waals surface area (Å²) in [6.45, 7) is 6.48. The predicted octanol–water partition coefficient (Wildman–Crippen LogP) is 4.57. The van der Waals surface area contributed by atoms with Crippen molar-refractivity contribution >= 4 is 31.4 Å². The van der Waals surface area contributed by atoms with E-state index in [1.807, 2.05) is 19.0 Å². The molecule has 0 unspecified atom stereocenters. The Balaban J connectivity index is 1.65. The second kappa shape index (κ2) is 15.0. The molecule has 2 fully saturated rings. The summed E-state index contributed by atoms with van der Waals surface area (Å²) in [5.74, 6) is 0.568. The van der Waals surface area contributed by atoms with Crippen molar-refractivity contribution in [3.63, 3.8) is 0 Å². The maximum Gasteiger partial charge on any atom is 0.289 e. The summed E-state index contributed by atoms with van der Waals surface area (Å²) in [6, 6.07) is 12.0. The Kier molecular flexibility index (Phi) is 11.6. The van der Waals surface area contributed by atoms with Gasteiger partial charge in [-0.1, -0.05) is 38.0 Å². The monoisotopic (exact) mass is 647 g/mol. The van der Waals surface area contributed by atoms with Crippen LogP contribution < -0.4 is 4.90 Å². The van der Waals surface area contributed by atoms with E-state index in [-0.39, 0.29) is 36.0 Å². The highest BCUT2D eigenvalue weighted by atomic mass is 32.2. The molecule has 2 aliphatic rings. The second-order valence-corrected chi connectivity index (χ2v) is 15.9. The number of sulfonamides is 2. The molecule has 0 atom stereocenters. The highest BCUT2D eigenvalue weighted by Gasteiger charge is 2.33. The Bertz CT molecular complexity index is 1510. The standard InChI is InChI=1S/C31H45N5O6S2/c1-26-23-34(43(39,40)29-17-15-28(16-18-29)32(2)3)21-9-19-33(25-27-11-5-4-6-12-27)20-10-22-35(24-26)44(41,42)31-14-8-7-13-30(31)36(37)38/h7-8,13-18,27H,1,4-6,9-12,19-25H2,2-3H3. The lowest BCUT2D eigenvalue weighted by Crippen LogP contribution is -2.42. The molecular formula is C31H45N5O6S2. The smallest absolute Gasteiger partial charge is 0.289 e. The fraction of sp³-hybridized carbons (Fsp3) is 0.548. The minimum absolute atomic E-state index is 0.0662. The minimum Gasteiger partial charge on any atom is -0.378 e. The first kappa shape index (κ1) is 34.0. The van der Waals surface area contributed by atoms with Gasteiger partial charge in [0.1, 0.15) is 0 Å². The molecule has 11 nitrogen and oxygen atoms in total. The summed E-state index contributed by atoms with van der Waals surface area (Å²) in [6.07, 6.45) is 7.17. The molecule has 1 heterocycles. The number of anilines is 1. The van der Waals surface area contributed by atoms with E-state index >= 15 is 0 Å². The van der Waals surface area contributed by atoms with Gasteiger partial charge >= 0.3 is 0 Å². The van der Waals surface area contributed by atoms with Crippen molar-refractivity contribution in [1.82, 2.24) is 13.5 Å². The van der Waals surface area contributed by atoms with Gasteiger partial charge in [0.15, 0.2) is 4.90 Å². The molecule has 13 heteroatoms. The average molecular weight is 648 g/mol. The van der Waals surface area contributed by atoms with Gasteiger partial charge in [0.25, 0.3) is 5.69 Å². The highest BCUT2D eigenvalue weighted by Crippen LogP contribution is 2.29. The van der Waals surface area contributed by atoms with Gasteiger partial charge in [-0.05, 0) is 80.6 Å². The van der Waals surface area contributed by atoms with E-state index < -0.39 is 30.7 Å². The number of nitro benzene ring substituents is 1. The third-order valence-electron chi connectivity index (χ3n) is 8.48. The summed E-state index contributed by atoms with van der Waals surface area (Å²) >= 11 is 0. The summed E-state index contributed by atoms with van der Waals surface area (Å²) in [5, 5.41) is 11.7. The van der Waals surface area contributed by atoms with Crippen molar-refractivity contribution in [2.75, 3.05) is 64.8 Å². The summed E-state index contributed by atoms with van der Waals surface area (Å²) in [7, 11) is -4.43. The Hall–Kier alpha value is -2.84. The van der Waals surface area contributed by atoms with Gasteiger partial charge < -0.3 is 9.80 Å². The Morgan fingerprint density at radius 3 is 1.95 bits per heavy atom. The lowest BCUT2D eigenvalue weighted by molar-refractivity contribution is -0.387. The molecule has 2 aromatic carbocycles. The molecule has 0 bridgehead atoms. The number of hydrogen-bond donors (Lipinski definition) is 0. The van der Waals surface area contributed by atoms with Crippen LogP contribution in [0.1, 0.15) is 44.9 Å². The molecule has 44 heavy (non-hydrogen) atoms. The van der Waals surface area contributed by atoms with E-state index in [9.17, 15) is 26.9 Å². The first-order valence-corrected chi connectivity index (χ1v) is 18.2. The molecule has 2 aromatic rings. The van der Waals surface area contributed by atoms with Crippen molar-refractivity contribution in [2.45, 2.75) is 54.7 Å². The van der Waals surface area contributed by atoms with Crippen molar-refractivity contribution < 1.29 is 21.8 Å². The largest absolute Gasteiger partial charge is 0.378 e. The Morgan fingerprint density at radius 2 is 1.39 bits per heavy atom. The van der Waals surface area contributed by atoms with Crippen LogP contribution in [-0.2, 0) is 20.0 Å². The molecular weight excluding hydrogens is 603 g/mol. The van der Waals surface area contributed by atoms with Gasteiger partial charge in [-0.3, -0.25) is 10.1 Å². The SMILES string of the molecule is C=C1CN(S(=O)(=O)c2ccc(N(C)C)cc2)CCCN(CC2CCCCC2)CCCN(S(=O)(=O)c2ccccc2[N+](=O)[O-])C1. The van der Waals surface area contributed by atoms with Crippen LogP contribution in [0.15, 0.2) is 70.5 Å². The summed E-state index contributed by atoms with van der Waals surface area (Å²) in [5.41, 5.74) is 0.769. The van der Waals surface area contributed by atoms with E-state index in [1.165, 1.54) is 52.1 Å². The molecule has 0 amide bonds. The molecule has 0 spiro atoms. The van der Waals surface area contributed by atoms with Gasteiger partial charge in [-0.15, -0.1) is 0 Å². The number of rotatable bonds is 8. The first-order chi connectivity index (χ1) is 20.9. The number of nitrogens with zero attached hydrogens (tertiary/aromatic N) is 5. The fourth-order valence-electron chi connectivity index (χ4n) is 6.12. The van der Waals surface area contributed by atoms with E-state index in [0.29, 0.717) is 37.4 Å². The van der Waals surface area contributed by atoms with Gasteiger partial charge in [0, 0.05) is 58.6 Å². The van der Waals surface area contributed by atoms with Crippen LogP contribution in [0.5, 0.6) is 0 Å². The summed E-state index contributed by atoms with van der Waals surface area (Å²) < 4.78 is 58.2. The van der Waals surface area contributed by atoms with Crippen LogP contribution in [-0.4, -0.2) is 95.2 Å². The summed E-state index contributed by atoms with van der Waals surface area (Å²) in [4.78, 5) is 15.0. The molecule has 1 saturated carbocycles. The van der Waals surface area contributed by atoms with Crippen molar-refractivity contribution in [1.29, 1.82) is 0 Å². The quantitative estimate of drug-likeness (QED) is 0.232. The highest BCUT2D eigenvalue weighted by molar-refractivity contribution is 7.89. The van der Waals surface area contributed by atoms with Crippen molar-refractivity contribution in [3.8, 4) is 0 Å². The minimum atomic E-state index is -4.28. The van der Waals surface area contributed by atoms with Gasteiger partial charge in [-0.2, -0.15) is 8.61 Å². The van der Waals surface area contributed by atoms with Crippen molar-refractivity contribution in [2.24, 2.45) is 5.92 Å². The Morgan fingerprint density at radius 1 is 0.818 bits per heavy atom. The predicted molar refractivity (Wildman–Crippen MR) is 173 cm³/mol. The zero-order chi connectivity index (χ0) is 31.9. The maximum atomic E-state index is 13.9. The van der Waals surface area contributed by atoms with Crippen LogP contribution in [0.25, 0.3) is 0 Å². The number of hydrogen-bond acceptors (Lipinski definition) is 8. The zero-order valence-corrected chi connectivity index (χ0v) is 27.4. The van der Waals surface area contributed by atoms with Crippen molar-refractivity contribution in [3.05, 3.63) is 70.8 Å². The fourth-order valence-corrected chi connectivity index (χ4v) is 9.28. The molecule has 0 N–H and O–H groups in total. The van der Waals surface area contributed by atoms with Crippen LogP contribution in [0.3, 0.4) is 0 Å². The number of benzene rings is 2. The zero-order valence-electron chi connectivity index (χ0n) is 25.8. The normalized spacial score (nSPS) is 19.6. The van der Waals surface area contributed by atoms with Gasteiger partial charge in [0.2, 0.25) is 20.0 Å². The second-order valence-electron chi connectivity index (χ2n) is 12.1. The first-order valence-electron chi connectivity index (χ1n) is 15.3. The number of para-hydroxylation sites is 1.